The lowest BCUT2D eigenvalue weighted by Crippen LogP contribution is -2.41. The molecule has 0 spiro atoms. The molecule has 1 amide bonds. The smallest absolute Gasteiger partial charge is 0.410 e. The van der Waals surface area contributed by atoms with Crippen LogP contribution in [0.3, 0.4) is 0 Å². The number of methoxy groups -OCH3 is 1. The highest BCUT2D eigenvalue weighted by atomic mass is 35.5. The first kappa shape index (κ1) is 19.0. The van der Waals surface area contributed by atoms with E-state index < -0.39 is 0 Å². The molecule has 28 heavy (non-hydrogen) atoms. The van der Waals surface area contributed by atoms with E-state index in [0.29, 0.717) is 18.0 Å². The summed E-state index contributed by atoms with van der Waals surface area (Å²) in [6, 6.07) is 13.2. The second-order valence-electron chi connectivity index (χ2n) is 6.63. The maximum absolute atomic E-state index is 12.8. The summed E-state index contributed by atoms with van der Waals surface area (Å²) in [7, 11) is 1.63. The van der Waals surface area contributed by atoms with Gasteiger partial charge >= 0.3 is 6.09 Å². The van der Waals surface area contributed by atoms with Crippen molar-refractivity contribution < 1.29 is 14.3 Å². The van der Waals surface area contributed by atoms with Crippen LogP contribution in [0.4, 0.5) is 4.79 Å². The Morgan fingerprint density at radius 2 is 2.14 bits per heavy atom. The lowest BCUT2D eigenvalue weighted by molar-refractivity contribution is 0.0937. The molecule has 1 aliphatic heterocycles. The van der Waals surface area contributed by atoms with Crippen LogP contribution in [-0.2, 0) is 11.2 Å². The van der Waals surface area contributed by atoms with E-state index in [-0.39, 0.29) is 24.6 Å². The molecule has 3 aromatic rings. The van der Waals surface area contributed by atoms with Crippen molar-refractivity contribution in [1.82, 2.24) is 9.88 Å². The Labute approximate surface area is 173 Å². The topological polar surface area (TPSA) is 54.6 Å². The van der Waals surface area contributed by atoms with Crippen LogP contribution in [0.5, 0.6) is 5.75 Å². The second-order valence-corrected chi connectivity index (χ2v) is 7.45. The van der Waals surface area contributed by atoms with Gasteiger partial charge in [0.05, 0.1) is 13.0 Å². The van der Waals surface area contributed by atoms with E-state index in [1.807, 2.05) is 42.5 Å². The van der Waals surface area contributed by atoms with Crippen LogP contribution in [0.25, 0.3) is 10.9 Å². The van der Waals surface area contributed by atoms with E-state index in [2.05, 4.69) is 4.98 Å². The third kappa shape index (κ3) is 3.40. The first-order valence-electron chi connectivity index (χ1n) is 9.05. The predicted molar refractivity (Wildman–Crippen MR) is 111 cm³/mol. The van der Waals surface area contributed by atoms with Gasteiger partial charge in [-0.15, -0.1) is 11.6 Å². The summed E-state index contributed by atoms with van der Waals surface area (Å²) in [5, 5.41) is 1.78. The number of H-pyrrole nitrogens is 1. The normalized spacial score (nSPS) is 16.1. The molecule has 7 heteroatoms. The molecule has 0 aliphatic carbocycles. The van der Waals surface area contributed by atoms with Crippen molar-refractivity contribution in [3.05, 3.63) is 64.3 Å². The standard InChI is InChI=1S/C21H20Cl2N2O3/c1-27-15-4-2-3-13(11-15)20-19-16(7-9-25(20)21(26)28-10-8-22)17-12-14(23)5-6-18(17)24-19/h2-6,11-12,20,24H,7-10H2,1H3. The Kier molecular flexibility index (Phi) is 5.38. The summed E-state index contributed by atoms with van der Waals surface area (Å²) < 4.78 is 10.7. The molecule has 2 aromatic carbocycles. The van der Waals surface area contributed by atoms with Crippen molar-refractivity contribution in [2.24, 2.45) is 0 Å². The van der Waals surface area contributed by atoms with Crippen molar-refractivity contribution in [3.8, 4) is 5.75 Å². The first-order chi connectivity index (χ1) is 13.6. The molecule has 1 unspecified atom stereocenters. The molecule has 1 N–H and O–H groups in total. The zero-order chi connectivity index (χ0) is 19.7. The number of aromatic nitrogens is 1. The number of nitrogens with zero attached hydrogens (tertiary/aromatic N) is 1. The highest BCUT2D eigenvalue weighted by Crippen LogP contribution is 2.40. The largest absolute Gasteiger partial charge is 0.497 e. The summed E-state index contributed by atoms with van der Waals surface area (Å²) in [6.07, 6.45) is 0.336. The van der Waals surface area contributed by atoms with Gasteiger partial charge in [-0.3, -0.25) is 4.90 Å². The third-order valence-electron chi connectivity index (χ3n) is 5.04. The number of rotatable bonds is 4. The number of hydrogen-bond donors (Lipinski definition) is 1. The van der Waals surface area contributed by atoms with Crippen LogP contribution < -0.4 is 4.74 Å². The van der Waals surface area contributed by atoms with Crippen molar-refractivity contribution >= 4 is 40.2 Å². The summed E-state index contributed by atoms with van der Waals surface area (Å²) in [6.45, 7) is 0.715. The molecule has 0 fully saturated rings. The number of hydrogen-bond acceptors (Lipinski definition) is 3. The number of ether oxygens (including phenoxy) is 2. The van der Waals surface area contributed by atoms with Crippen molar-refractivity contribution in [2.45, 2.75) is 12.5 Å². The van der Waals surface area contributed by atoms with E-state index >= 15 is 0 Å². The molecule has 146 valence electrons. The quantitative estimate of drug-likeness (QED) is 0.595. The molecule has 1 aliphatic rings. The Hall–Kier alpha value is -2.37. The number of halogens is 2. The van der Waals surface area contributed by atoms with Gasteiger partial charge in [0.1, 0.15) is 18.4 Å². The van der Waals surface area contributed by atoms with E-state index in [9.17, 15) is 4.79 Å². The average Bonchev–Trinajstić information content (AvgIpc) is 3.09. The minimum atomic E-state index is -0.379. The Morgan fingerprint density at radius 1 is 1.29 bits per heavy atom. The molecule has 0 saturated heterocycles. The van der Waals surface area contributed by atoms with E-state index in [1.165, 1.54) is 5.56 Å². The van der Waals surface area contributed by atoms with Gasteiger partial charge in [0.15, 0.2) is 0 Å². The van der Waals surface area contributed by atoms with Crippen LogP contribution in [0.15, 0.2) is 42.5 Å². The molecular weight excluding hydrogens is 399 g/mol. The lowest BCUT2D eigenvalue weighted by Gasteiger charge is -2.35. The number of alkyl halides is 1. The van der Waals surface area contributed by atoms with Gasteiger partial charge in [0.25, 0.3) is 0 Å². The Morgan fingerprint density at radius 3 is 2.93 bits per heavy atom. The van der Waals surface area contributed by atoms with Crippen LogP contribution >= 0.6 is 23.2 Å². The molecule has 1 aromatic heterocycles. The zero-order valence-corrected chi connectivity index (χ0v) is 16.9. The van der Waals surface area contributed by atoms with Gasteiger partial charge < -0.3 is 14.5 Å². The van der Waals surface area contributed by atoms with Gasteiger partial charge in [-0.1, -0.05) is 23.7 Å². The van der Waals surface area contributed by atoms with Crippen LogP contribution in [0.1, 0.15) is 22.9 Å². The maximum Gasteiger partial charge on any atom is 0.410 e. The van der Waals surface area contributed by atoms with E-state index in [1.54, 1.807) is 12.0 Å². The fourth-order valence-electron chi connectivity index (χ4n) is 3.82. The summed E-state index contributed by atoms with van der Waals surface area (Å²) in [4.78, 5) is 18.0. The second kappa shape index (κ2) is 7.94. The molecular formula is C21H20Cl2N2O3. The van der Waals surface area contributed by atoms with Gasteiger partial charge in [0.2, 0.25) is 0 Å². The van der Waals surface area contributed by atoms with Crippen LogP contribution in [0, 0.1) is 0 Å². The number of amides is 1. The predicted octanol–water partition coefficient (Wildman–Crippen LogP) is 5.15. The van der Waals surface area contributed by atoms with Crippen molar-refractivity contribution in [2.75, 3.05) is 26.1 Å². The van der Waals surface area contributed by atoms with E-state index in [4.69, 9.17) is 32.7 Å². The summed E-state index contributed by atoms with van der Waals surface area (Å²) in [5.41, 5.74) is 4.09. The SMILES string of the molecule is COc1cccc(C2c3[nH]c4ccc(Cl)cc4c3CCN2C(=O)OCCCl)c1. The molecule has 0 saturated carbocycles. The summed E-state index contributed by atoms with van der Waals surface area (Å²) >= 11 is 11.9. The number of nitrogens with one attached hydrogen (secondary N) is 1. The molecule has 0 radical (unpaired) electrons. The average molecular weight is 419 g/mol. The fourth-order valence-corrected chi connectivity index (χ4v) is 4.07. The molecule has 5 nitrogen and oxygen atoms in total. The van der Waals surface area contributed by atoms with Gasteiger partial charge in [0, 0.05) is 28.2 Å². The number of aromatic amines is 1. The van der Waals surface area contributed by atoms with Crippen LogP contribution in [0.2, 0.25) is 5.02 Å². The molecule has 0 bridgehead atoms. The Bertz CT molecular complexity index is 1020. The summed E-state index contributed by atoms with van der Waals surface area (Å²) in [5.74, 6) is 0.998. The third-order valence-corrected chi connectivity index (χ3v) is 5.43. The highest BCUT2D eigenvalue weighted by molar-refractivity contribution is 6.31. The minimum Gasteiger partial charge on any atom is -0.497 e. The van der Waals surface area contributed by atoms with Crippen LogP contribution in [-0.4, -0.2) is 42.1 Å². The van der Waals surface area contributed by atoms with Gasteiger partial charge in [-0.25, -0.2) is 4.79 Å². The van der Waals surface area contributed by atoms with Gasteiger partial charge in [-0.2, -0.15) is 0 Å². The number of benzene rings is 2. The lowest BCUT2D eigenvalue weighted by atomic mass is 9.92. The number of carbonyl (C=O) groups is 1. The van der Waals surface area contributed by atoms with Gasteiger partial charge in [-0.05, 0) is 47.9 Å². The molecule has 4 rings (SSSR count). The fraction of sp³-hybridized carbons (Fsp3) is 0.286. The minimum absolute atomic E-state index is 0.177. The monoisotopic (exact) mass is 418 g/mol. The highest BCUT2D eigenvalue weighted by Gasteiger charge is 2.35. The van der Waals surface area contributed by atoms with Crippen molar-refractivity contribution in [3.63, 3.8) is 0 Å². The Balaban J connectivity index is 1.84. The maximum atomic E-state index is 12.8. The molecule has 2 heterocycles. The first-order valence-corrected chi connectivity index (χ1v) is 9.97. The molecule has 1 atom stereocenters. The van der Waals surface area contributed by atoms with E-state index in [0.717, 1.165) is 27.9 Å². The zero-order valence-electron chi connectivity index (χ0n) is 15.4. The number of carbonyl (C=O) groups excluding carboxylic acids is 1. The number of fused-ring (bicyclic) bond motifs is 3. The van der Waals surface area contributed by atoms with Crippen molar-refractivity contribution in [1.29, 1.82) is 0 Å².